The summed E-state index contributed by atoms with van der Waals surface area (Å²) in [6, 6.07) is 7.24. The van der Waals surface area contributed by atoms with E-state index in [0.717, 1.165) is 5.69 Å². The Balaban J connectivity index is 2.74. The first kappa shape index (κ1) is 8.08. The van der Waals surface area contributed by atoms with Gasteiger partial charge in [0.05, 0.1) is 5.84 Å². The van der Waals surface area contributed by atoms with Crippen molar-refractivity contribution in [2.45, 2.75) is 6.92 Å². The number of hydrogen-bond donors (Lipinski definition) is 2. The minimum Gasteiger partial charge on any atom is -0.344 e. The molecule has 58 valence electrons. The normalized spacial score (nSPS) is 9.27. The number of hydrogen-bond acceptors (Lipinski definition) is 1. The van der Waals surface area contributed by atoms with Gasteiger partial charge in [-0.05, 0) is 31.2 Å². The zero-order valence-corrected chi connectivity index (χ0v) is 6.94. The molecule has 2 nitrogen and oxygen atoms in total. The van der Waals surface area contributed by atoms with Gasteiger partial charge in [0.2, 0.25) is 0 Å². The molecule has 0 aliphatic heterocycles. The molecule has 0 amide bonds. The Kier molecular flexibility index (Phi) is 2.49. The Hall–Kier alpha value is -1.02. The van der Waals surface area contributed by atoms with Crippen molar-refractivity contribution < 1.29 is 0 Å². The fourth-order valence-corrected chi connectivity index (χ4v) is 0.876. The summed E-state index contributed by atoms with van der Waals surface area (Å²) in [5.74, 6) is 0.423. The third-order valence-electron chi connectivity index (χ3n) is 1.18. The molecule has 3 heteroatoms. The number of amidine groups is 1. The van der Waals surface area contributed by atoms with Crippen LogP contribution in [0.1, 0.15) is 6.92 Å². The van der Waals surface area contributed by atoms with Gasteiger partial charge in [-0.1, -0.05) is 11.6 Å². The summed E-state index contributed by atoms with van der Waals surface area (Å²) in [4.78, 5) is 0. The number of nitrogens with one attached hydrogen (secondary N) is 2. The summed E-state index contributed by atoms with van der Waals surface area (Å²) in [6.07, 6.45) is 0. The predicted molar refractivity (Wildman–Crippen MR) is 48.5 cm³/mol. The van der Waals surface area contributed by atoms with E-state index in [0.29, 0.717) is 10.9 Å². The third-order valence-corrected chi connectivity index (χ3v) is 1.43. The first-order valence-corrected chi connectivity index (χ1v) is 3.64. The van der Waals surface area contributed by atoms with Crippen LogP contribution in [0, 0.1) is 5.41 Å². The summed E-state index contributed by atoms with van der Waals surface area (Å²) in [5, 5.41) is 10.7. The van der Waals surface area contributed by atoms with Crippen LogP contribution in [-0.4, -0.2) is 5.84 Å². The minimum atomic E-state index is 0.423. The highest BCUT2D eigenvalue weighted by Crippen LogP contribution is 2.12. The maximum atomic E-state index is 7.14. The van der Waals surface area contributed by atoms with Crippen LogP contribution in [0.15, 0.2) is 24.3 Å². The van der Waals surface area contributed by atoms with Crippen molar-refractivity contribution in [3.05, 3.63) is 29.3 Å². The van der Waals surface area contributed by atoms with E-state index in [1.165, 1.54) is 0 Å². The van der Waals surface area contributed by atoms with Gasteiger partial charge in [0.1, 0.15) is 0 Å². The molecule has 0 atom stereocenters. The van der Waals surface area contributed by atoms with Crippen LogP contribution < -0.4 is 5.32 Å². The first-order chi connectivity index (χ1) is 5.18. The lowest BCUT2D eigenvalue weighted by molar-refractivity contribution is 1.44. The van der Waals surface area contributed by atoms with E-state index in [-0.39, 0.29) is 0 Å². The van der Waals surface area contributed by atoms with E-state index in [9.17, 15) is 0 Å². The van der Waals surface area contributed by atoms with Crippen molar-refractivity contribution in [1.82, 2.24) is 0 Å². The van der Waals surface area contributed by atoms with Gasteiger partial charge in [-0.2, -0.15) is 0 Å². The highest BCUT2D eigenvalue weighted by molar-refractivity contribution is 6.30. The van der Waals surface area contributed by atoms with Gasteiger partial charge in [-0.3, -0.25) is 5.41 Å². The second-order valence-corrected chi connectivity index (χ2v) is 2.69. The molecule has 0 spiro atoms. The average molecular weight is 169 g/mol. The maximum Gasteiger partial charge on any atom is 0.0944 e. The highest BCUT2D eigenvalue weighted by atomic mass is 35.5. The molecular weight excluding hydrogens is 160 g/mol. The largest absolute Gasteiger partial charge is 0.344 e. The summed E-state index contributed by atoms with van der Waals surface area (Å²) >= 11 is 5.67. The molecule has 0 radical (unpaired) electrons. The molecule has 1 aromatic carbocycles. The van der Waals surface area contributed by atoms with Gasteiger partial charge in [0.15, 0.2) is 0 Å². The van der Waals surface area contributed by atoms with Gasteiger partial charge in [-0.15, -0.1) is 0 Å². The van der Waals surface area contributed by atoms with Crippen LogP contribution in [-0.2, 0) is 0 Å². The van der Waals surface area contributed by atoms with Gasteiger partial charge in [0.25, 0.3) is 0 Å². The quantitative estimate of drug-likeness (QED) is 0.491. The molecule has 1 rings (SSSR count). The number of anilines is 1. The van der Waals surface area contributed by atoms with E-state index in [2.05, 4.69) is 5.32 Å². The number of benzene rings is 1. The summed E-state index contributed by atoms with van der Waals surface area (Å²) in [5.41, 5.74) is 0.891. The lowest BCUT2D eigenvalue weighted by Gasteiger charge is -2.02. The fraction of sp³-hybridized carbons (Fsp3) is 0.125. The Morgan fingerprint density at radius 2 is 1.91 bits per heavy atom. The van der Waals surface area contributed by atoms with E-state index >= 15 is 0 Å². The first-order valence-electron chi connectivity index (χ1n) is 3.26. The Morgan fingerprint density at radius 1 is 1.36 bits per heavy atom. The molecule has 0 heterocycles. The van der Waals surface area contributed by atoms with Gasteiger partial charge in [-0.25, -0.2) is 0 Å². The molecule has 0 aromatic heterocycles. The number of halogens is 1. The van der Waals surface area contributed by atoms with Crippen molar-refractivity contribution in [3.8, 4) is 0 Å². The van der Waals surface area contributed by atoms with Crippen LogP contribution >= 0.6 is 11.6 Å². The van der Waals surface area contributed by atoms with Crippen molar-refractivity contribution >= 4 is 23.1 Å². The monoisotopic (exact) mass is 168 g/mol. The van der Waals surface area contributed by atoms with Crippen LogP contribution in [0.25, 0.3) is 0 Å². The van der Waals surface area contributed by atoms with Gasteiger partial charge < -0.3 is 5.32 Å². The SMILES string of the molecule is CC(=N)Nc1ccc(Cl)cc1. The van der Waals surface area contributed by atoms with Crippen molar-refractivity contribution in [1.29, 1.82) is 5.41 Å². The summed E-state index contributed by atoms with van der Waals surface area (Å²) < 4.78 is 0. The molecule has 0 saturated heterocycles. The van der Waals surface area contributed by atoms with Gasteiger partial charge in [0, 0.05) is 10.7 Å². The third kappa shape index (κ3) is 2.60. The van der Waals surface area contributed by atoms with E-state index in [1.807, 2.05) is 12.1 Å². The van der Waals surface area contributed by atoms with E-state index in [1.54, 1.807) is 19.1 Å². The fourth-order valence-electron chi connectivity index (χ4n) is 0.750. The molecule has 1 aromatic rings. The smallest absolute Gasteiger partial charge is 0.0944 e. The van der Waals surface area contributed by atoms with Gasteiger partial charge >= 0.3 is 0 Å². The second-order valence-electron chi connectivity index (χ2n) is 2.26. The van der Waals surface area contributed by atoms with E-state index in [4.69, 9.17) is 17.0 Å². The molecule has 0 fully saturated rings. The lowest BCUT2D eigenvalue weighted by Crippen LogP contribution is -2.03. The molecule has 0 saturated carbocycles. The van der Waals surface area contributed by atoms with Crippen LogP contribution in [0.2, 0.25) is 5.02 Å². The molecule has 0 aliphatic carbocycles. The van der Waals surface area contributed by atoms with Crippen LogP contribution in [0.5, 0.6) is 0 Å². The molecule has 0 unspecified atom stereocenters. The Labute approximate surface area is 70.7 Å². The molecule has 0 bridgehead atoms. The van der Waals surface area contributed by atoms with Crippen molar-refractivity contribution in [3.63, 3.8) is 0 Å². The van der Waals surface area contributed by atoms with Crippen LogP contribution in [0.3, 0.4) is 0 Å². The average Bonchev–Trinajstić information content (AvgIpc) is 1.93. The molecule has 2 N–H and O–H groups in total. The molecule has 11 heavy (non-hydrogen) atoms. The topological polar surface area (TPSA) is 35.9 Å². The summed E-state index contributed by atoms with van der Waals surface area (Å²) in [6.45, 7) is 1.69. The van der Waals surface area contributed by atoms with Crippen molar-refractivity contribution in [2.75, 3.05) is 5.32 Å². The minimum absolute atomic E-state index is 0.423. The summed E-state index contributed by atoms with van der Waals surface area (Å²) in [7, 11) is 0. The molecular formula is C8H9ClN2. The molecule has 0 aliphatic rings. The number of rotatable bonds is 1. The lowest BCUT2D eigenvalue weighted by atomic mass is 10.3. The predicted octanol–water partition coefficient (Wildman–Crippen LogP) is 2.75. The zero-order valence-electron chi connectivity index (χ0n) is 6.19. The highest BCUT2D eigenvalue weighted by Gasteiger charge is 1.90. The zero-order chi connectivity index (χ0) is 8.27. The Morgan fingerprint density at radius 3 is 2.36 bits per heavy atom. The Bertz CT molecular complexity index is 253. The van der Waals surface area contributed by atoms with Crippen molar-refractivity contribution in [2.24, 2.45) is 0 Å². The van der Waals surface area contributed by atoms with Crippen LogP contribution in [0.4, 0.5) is 5.69 Å². The standard InChI is InChI=1S/C8H9ClN2/c1-6(10)11-8-4-2-7(9)3-5-8/h2-5H,1H3,(H2,10,11). The maximum absolute atomic E-state index is 7.14. The second kappa shape index (κ2) is 3.39. The van der Waals surface area contributed by atoms with E-state index < -0.39 is 0 Å².